The van der Waals surface area contributed by atoms with Gasteiger partial charge in [-0.25, -0.2) is 0 Å². The molecule has 18 heavy (non-hydrogen) atoms. The average molecular weight is 253 g/mol. The Kier molecular flexibility index (Phi) is 5.45. The van der Waals surface area contributed by atoms with E-state index in [1.54, 1.807) is 33.3 Å². The molecule has 0 aliphatic carbocycles. The standard InChI is InChI=1S/C13H19NO4/c1-4-18-13(15)8-10(14)9-5-6-11(16-2)12(7-9)17-3/h5-7,10H,4,8,14H2,1-3H3/t10-/m1/s1. The quantitative estimate of drug-likeness (QED) is 0.781. The number of esters is 1. The molecule has 0 unspecified atom stereocenters. The van der Waals surface area contributed by atoms with Gasteiger partial charge in [-0.1, -0.05) is 6.07 Å². The molecule has 0 bridgehead atoms. The van der Waals surface area contributed by atoms with Crippen LogP contribution in [0.2, 0.25) is 0 Å². The lowest BCUT2D eigenvalue weighted by Gasteiger charge is -2.14. The average Bonchev–Trinajstić information content (AvgIpc) is 2.38. The van der Waals surface area contributed by atoms with E-state index in [2.05, 4.69) is 0 Å². The highest BCUT2D eigenvalue weighted by Gasteiger charge is 2.14. The summed E-state index contributed by atoms with van der Waals surface area (Å²) < 4.78 is 15.2. The summed E-state index contributed by atoms with van der Waals surface area (Å²) in [5.74, 6) is 0.915. The van der Waals surface area contributed by atoms with Crippen molar-refractivity contribution in [1.82, 2.24) is 0 Å². The fourth-order valence-electron chi connectivity index (χ4n) is 1.60. The molecule has 0 saturated heterocycles. The van der Waals surface area contributed by atoms with Crippen LogP contribution < -0.4 is 15.2 Å². The van der Waals surface area contributed by atoms with Crippen molar-refractivity contribution in [1.29, 1.82) is 0 Å². The third kappa shape index (κ3) is 3.63. The predicted molar refractivity (Wildman–Crippen MR) is 67.7 cm³/mol. The van der Waals surface area contributed by atoms with Crippen LogP contribution in [0.25, 0.3) is 0 Å². The van der Waals surface area contributed by atoms with Gasteiger partial charge in [-0.2, -0.15) is 0 Å². The van der Waals surface area contributed by atoms with Gasteiger partial charge in [-0.05, 0) is 24.6 Å². The molecule has 100 valence electrons. The number of carbonyl (C=O) groups is 1. The molecule has 0 spiro atoms. The highest BCUT2D eigenvalue weighted by molar-refractivity contribution is 5.70. The largest absolute Gasteiger partial charge is 0.493 e. The summed E-state index contributed by atoms with van der Waals surface area (Å²) in [5.41, 5.74) is 6.75. The maximum Gasteiger partial charge on any atom is 0.307 e. The second-order valence-electron chi connectivity index (χ2n) is 3.73. The third-order valence-electron chi connectivity index (χ3n) is 2.53. The number of hydrogen-bond donors (Lipinski definition) is 1. The molecule has 5 heteroatoms. The molecule has 0 aliphatic heterocycles. The molecule has 0 amide bonds. The maximum atomic E-state index is 11.3. The van der Waals surface area contributed by atoms with E-state index in [1.807, 2.05) is 6.07 Å². The van der Waals surface area contributed by atoms with Gasteiger partial charge in [0.05, 0.1) is 27.2 Å². The van der Waals surface area contributed by atoms with Crippen molar-refractivity contribution in [3.63, 3.8) is 0 Å². The Morgan fingerprint density at radius 2 is 1.94 bits per heavy atom. The van der Waals surface area contributed by atoms with Crippen molar-refractivity contribution < 1.29 is 19.0 Å². The number of hydrogen-bond acceptors (Lipinski definition) is 5. The van der Waals surface area contributed by atoms with Crippen LogP contribution in [0, 0.1) is 0 Å². The van der Waals surface area contributed by atoms with Crippen molar-refractivity contribution >= 4 is 5.97 Å². The lowest BCUT2D eigenvalue weighted by molar-refractivity contribution is -0.143. The molecule has 1 aromatic carbocycles. The van der Waals surface area contributed by atoms with Gasteiger partial charge in [-0.15, -0.1) is 0 Å². The lowest BCUT2D eigenvalue weighted by Crippen LogP contribution is -2.17. The molecule has 1 atom stereocenters. The van der Waals surface area contributed by atoms with Crippen LogP contribution in [0.4, 0.5) is 0 Å². The minimum absolute atomic E-state index is 0.142. The zero-order valence-electron chi connectivity index (χ0n) is 10.9. The summed E-state index contributed by atoms with van der Waals surface area (Å²) in [4.78, 5) is 11.3. The first-order valence-electron chi connectivity index (χ1n) is 5.75. The van der Waals surface area contributed by atoms with Gasteiger partial charge < -0.3 is 19.9 Å². The van der Waals surface area contributed by atoms with Gasteiger partial charge in [0, 0.05) is 6.04 Å². The second-order valence-corrected chi connectivity index (χ2v) is 3.73. The van der Waals surface area contributed by atoms with Crippen LogP contribution in [0.1, 0.15) is 24.9 Å². The molecule has 5 nitrogen and oxygen atoms in total. The van der Waals surface area contributed by atoms with E-state index in [0.717, 1.165) is 5.56 Å². The van der Waals surface area contributed by atoms with E-state index < -0.39 is 6.04 Å². The molecular weight excluding hydrogens is 234 g/mol. The van der Waals surface area contributed by atoms with E-state index in [9.17, 15) is 4.79 Å². The Balaban J connectivity index is 2.79. The Morgan fingerprint density at radius 3 is 2.50 bits per heavy atom. The van der Waals surface area contributed by atoms with Crippen molar-refractivity contribution in [2.75, 3.05) is 20.8 Å². The molecule has 0 radical (unpaired) electrons. The van der Waals surface area contributed by atoms with E-state index in [1.165, 1.54) is 0 Å². The molecule has 1 aromatic rings. The van der Waals surface area contributed by atoms with Crippen molar-refractivity contribution in [3.8, 4) is 11.5 Å². The Morgan fingerprint density at radius 1 is 1.28 bits per heavy atom. The summed E-state index contributed by atoms with van der Waals surface area (Å²) >= 11 is 0. The van der Waals surface area contributed by atoms with E-state index in [-0.39, 0.29) is 12.4 Å². The van der Waals surface area contributed by atoms with Crippen LogP contribution in [0.3, 0.4) is 0 Å². The predicted octanol–water partition coefficient (Wildman–Crippen LogP) is 1.66. The van der Waals surface area contributed by atoms with Gasteiger partial charge in [-0.3, -0.25) is 4.79 Å². The smallest absolute Gasteiger partial charge is 0.307 e. The molecule has 0 saturated carbocycles. The first-order chi connectivity index (χ1) is 8.62. The molecule has 0 heterocycles. The molecule has 0 aromatic heterocycles. The van der Waals surface area contributed by atoms with Crippen LogP contribution >= 0.6 is 0 Å². The number of methoxy groups -OCH3 is 2. The fourth-order valence-corrected chi connectivity index (χ4v) is 1.60. The van der Waals surface area contributed by atoms with Crippen LogP contribution in [-0.4, -0.2) is 26.8 Å². The van der Waals surface area contributed by atoms with E-state index in [4.69, 9.17) is 19.9 Å². The minimum atomic E-state index is -0.413. The van der Waals surface area contributed by atoms with Crippen LogP contribution in [0.5, 0.6) is 11.5 Å². The normalized spacial score (nSPS) is 11.8. The minimum Gasteiger partial charge on any atom is -0.493 e. The van der Waals surface area contributed by atoms with Gasteiger partial charge in [0.25, 0.3) is 0 Å². The van der Waals surface area contributed by atoms with Crippen LogP contribution in [-0.2, 0) is 9.53 Å². The van der Waals surface area contributed by atoms with E-state index in [0.29, 0.717) is 18.1 Å². The molecule has 0 fully saturated rings. The highest BCUT2D eigenvalue weighted by atomic mass is 16.5. The van der Waals surface area contributed by atoms with Crippen LogP contribution in [0.15, 0.2) is 18.2 Å². The number of carbonyl (C=O) groups excluding carboxylic acids is 1. The number of nitrogens with two attached hydrogens (primary N) is 1. The summed E-state index contributed by atoms with van der Waals surface area (Å²) in [6.45, 7) is 2.12. The van der Waals surface area contributed by atoms with Crippen molar-refractivity contribution in [2.24, 2.45) is 5.73 Å². The molecule has 0 aliphatic rings. The first kappa shape index (κ1) is 14.3. The zero-order valence-corrected chi connectivity index (χ0v) is 10.9. The topological polar surface area (TPSA) is 70.8 Å². The lowest BCUT2D eigenvalue weighted by atomic mass is 10.0. The Labute approximate surface area is 107 Å². The second kappa shape index (κ2) is 6.86. The maximum absolute atomic E-state index is 11.3. The molecular formula is C13H19NO4. The monoisotopic (exact) mass is 253 g/mol. The summed E-state index contributed by atoms with van der Waals surface area (Å²) in [5, 5.41) is 0. The fraction of sp³-hybridized carbons (Fsp3) is 0.462. The van der Waals surface area contributed by atoms with Gasteiger partial charge in [0.1, 0.15) is 0 Å². The highest BCUT2D eigenvalue weighted by Crippen LogP contribution is 2.30. The SMILES string of the molecule is CCOC(=O)C[C@@H](N)c1ccc(OC)c(OC)c1. The zero-order chi connectivity index (χ0) is 13.5. The van der Waals surface area contributed by atoms with Crippen molar-refractivity contribution in [2.45, 2.75) is 19.4 Å². The number of ether oxygens (including phenoxy) is 3. The number of benzene rings is 1. The summed E-state index contributed by atoms with van der Waals surface area (Å²) in [6, 6.07) is 4.93. The van der Waals surface area contributed by atoms with Gasteiger partial charge in [0.15, 0.2) is 11.5 Å². The Hall–Kier alpha value is -1.75. The van der Waals surface area contributed by atoms with Crippen molar-refractivity contribution in [3.05, 3.63) is 23.8 Å². The summed E-state index contributed by atoms with van der Waals surface area (Å²) in [7, 11) is 3.12. The third-order valence-corrected chi connectivity index (χ3v) is 2.53. The van der Waals surface area contributed by atoms with E-state index >= 15 is 0 Å². The van der Waals surface area contributed by atoms with Gasteiger partial charge >= 0.3 is 5.97 Å². The van der Waals surface area contributed by atoms with Gasteiger partial charge in [0.2, 0.25) is 0 Å². The number of rotatable bonds is 6. The molecule has 1 rings (SSSR count). The molecule has 2 N–H and O–H groups in total. The Bertz CT molecular complexity index is 406. The summed E-state index contributed by atoms with van der Waals surface area (Å²) in [6.07, 6.45) is 0.142. The first-order valence-corrected chi connectivity index (χ1v) is 5.75.